The molecule has 2 rings (SSSR count). The van der Waals surface area contributed by atoms with E-state index < -0.39 is 0 Å². The topological polar surface area (TPSA) is 26.0 Å². The average molecular weight is 194 g/mol. The molecule has 0 unspecified atom stereocenters. The number of halogens is 1. The van der Waals surface area contributed by atoms with Crippen molar-refractivity contribution in [3.05, 3.63) is 40.9 Å². The third-order valence-electron chi connectivity index (χ3n) is 2.33. The monoisotopic (exact) mass is 193 g/mol. The van der Waals surface area contributed by atoms with E-state index in [1.54, 1.807) is 0 Å². The smallest absolute Gasteiger partial charge is 0.0478 e. The molecular formula is C11H12ClN. The highest BCUT2D eigenvalue weighted by atomic mass is 35.5. The molecular weight excluding hydrogens is 182 g/mol. The summed E-state index contributed by atoms with van der Waals surface area (Å²) in [4.78, 5) is 0. The van der Waals surface area contributed by atoms with Gasteiger partial charge in [-0.3, -0.25) is 0 Å². The van der Waals surface area contributed by atoms with E-state index in [0.717, 1.165) is 23.4 Å². The Hall–Kier alpha value is -0.790. The predicted octanol–water partition coefficient (Wildman–Crippen LogP) is 2.84. The van der Waals surface area contributed by atoms with E-state index in [9.17, 15) is 0 Å². The van der Waals surface area contributed by atoms with Crippen LogP contribution >= 0.6 is 11.6 Å². The number of nitrogens with two attached hydrogens (primary N) is 1. The largest absolute Gasteiger partial charge is 0.322 e. The van der Waals surface area contributed by atoms with Crippen molar-refractivity contribution in [1.82, 2.24) is 0 Å². The highest BCUT2D eigenvalue weighted by molar-refractivity contribution is 6.32. The fourth-order valence-electron chi connectivity index (χ4n) is 1.18. The van der Waals surface area contributed by atoms with Gasteiger partial charge in [-0.15, -0.1) is 0 Å². The number of hydrogen-bond acceptors (Lipinski definition) is 1. The van der Waals surface area contributed by atoms with Crippen LogP contribution in [0.4, 0.5) is 0 Å². The Morgan fingerprint density at radius 1 is 1.31 bits per heavy atom. The van der Waals surface area contributed by atoms with Crippen molar-refractivity contribution in [2.45, 2.75) is 18.4 Å². The van der Waals surface area contributed by atoms with Crippen LogP contribution in [-0.4, -0.2) is 5.54 Å². The first-order chi connectivity index (χ1) is 6.20. The van der Waals surface area contributed by atoms with E-state index in [0.29, 0.717) is 0 Å². The Bertz CT molecular complexity index is 340. The maximum atomic E-state index is 5.98. The zero-order valence-electron chi connectivity index (χ0n) is 7.33. The number of rotatable bonds is 2. The van der Waals surface area contributed by atoms with Gasteiger partial charge in [0, 0.05) is 10.6 Å². The van der Waals surface area contributed by atoms with E-state index in [1.807, 2.05) is 36.4 Å². The number of benzene rings is 1. The van der Waals surface area contributed by atoms with E-state index in [2.05, 4.69) is 0 Å². The first kappa shape index (κ1) is 8.79. The molecule has 0 aromatic heterocycles. The van der Waals surface area contributed by atoms with Gasteiger partial charge in [-0.2, -0.15) is 0 Å². The molecule has 0 bridgehead atoms. The predicted molar refractivity (Wildman–Crippen MR) is 56.6 cm³/mol. The third kappa shape index (κ3) is 2.11. The molecule has 1 fully saturated rings. The molecule has 1 aliphatic rings. The van der Waals surface area contributed by atoms with Gasteiger partial charge in [0.05, 0.1) is 0 Å². The third-order valence-corrected chi connectivity index (χ3v) is 2.67. The minimum atomic E-state index is -0.0425. The Balaban J connectivity index is 2.17. The molecule has 1 saturated carbocycles. The van der Waals surface area contributed by atoms with Gasteiger partial charge in [0.2, 0.25) is 0 Å². The standard InChI is InChI=1S/C11H12ClN/c12-10-4-2-1-3-9(10)5-6-11(13)7-8-11/h1-6H,7-8,13H2/b6-5+. The van der Waals surface area contributed by atoms with E-state index in [1.165, 1.54) is 0 Å². The summed E-state index contributed by atoms with van der Waals surface area (Å²) in [6.45, 7) is 0. The minimum absolute atomic E-state index is 0.0425. The molecule has 2 N–H and O–H groups in total. The Labute approximate surface area is 83.2 Å². The number of hydrogen-bond donors (Lipinski definition) is 1. The van der Waals surface area contributed by atoms with Gasteiger partial charge in [0.25, 0.3) is 0 Å². The Kier molecular flexibility index (Phi) is 2.14. The molecule has 0 atom stereocenters. The van der Waals surface area contributed by atoms with Gasteiger partial charge in [-0.05, 0) is 24.5 Å². The first-order valence-corrected chi connectivity index (χ1v) is 4.80. The quantitative estimate of drug-likeness (QED) is 0.768. The van der Waals surface area contributed by atoms with Crippen molar-refractivity contribution >= 4 is 17.7 Å². The molecule has 1 nitrogen and oxygen atoms in total. The lowest BCUT2D eigenvalue weighted by molar-refractivity contribution is 0.860. The summed E-state index contributed by atoms with van der Waals surface area (Å²) < 4.78 is 0. The second-order valence-electron chi connectivity index (χ2n) is 3.59. The minimum Gasteiger partial charge on any atom is -0.322 e. The average Bonchev–Trinajstić information content (AvgIpc) is 2.83. The summed E-state index contributed by atoms with van der Waals surface area (Å²) in [5, 5.41) is 0.781. The van der Waals surface area contributed by atoms with Gasteiger partial charge in [-0.1, -0.05) is 42.0 Å². The van der Waals surface area contributed by atoms with E-state index in [-0.39, 0.29) is 5.54 Å². The van der Waals surface area contributed by atoms with Crippen LogP contribution in [0.5, 0.6) is 0 Å². The van der Waals surface area contributed by atoms with E-state index >= 15 is 0 Å². The Morgan fingerprint density at radius 3 is 2.62 bits per heavy atom. The van der Waals surface area contributed by atoms with Crippen LogP contribution in [0.25, 0.3) is 6.08 Å². The second-order valence-corrected chi connectivity index (χ2v) is 4.00. The maximum Gasteiger partial charge on any atom is 0.0478 e. The van der Waals surface area contributed by atoms with Crippen LogP contribution in [0.1, 0.15) is 18.4 Å². The lowest BCUT2D eigenvalue weighted by Gasteiger charge is -2.00. The van der Waals surface area contributed by atoms with Crippen LogP contribution in [-0.2, 0) is 0 Å². The molecule has 0 amide bonds. The molecule has 1 aliphatic carbocycles. The normalized spacial score (nSPS) is 19.2. The van der Waals surface area contributed by atoms with Crippen LogP contribution in [0.2, 0.25) is 5.02 Å². The molecule has 0 spiro atoms. The van der Waals surface area contributed by atoms with Crippen molar-refractivity contribution in [3.8, 4) is 0 Å². The van der Waals surface area contributed by atoms with Crippen molar-refractivity contribution < 1.29 is 0 Å². The fourth-order valence-corrected chi connectivity index (χ4v) is 1.38. The molecule has 1 aromatic carbocycles. The summed E-state index contributed by atoms with van der Waals surface area (Å²) >= 11 is 5.98. The van der Waals surface area contributed by atoms with Crippen LogP contribution in [0.3, 0.4) is 0 Å². The second kappa shape index (κ2) is 3.17. The summed E-state index contributed by atoms with van der Waals surface area (Å²) in [5.74, 6) is 0. The fraction of sp³-hybridized carbons (Fsp3) is 0.273. The molecule has 2 heteroatoms. The van der Waals surface area contributed by atoms with Gasteiger partial charge in [-0.25, -0.2) is 0 Å². The zero-order chi connectivity index (χ0) is 9.31. The van der Waals surface area contributed by atoms with Gasteiger partial charge >= 0.3 is 0 Å². The molecule has 13 heavy (non-hydrogen) atoms. The van der Waals surface area contributed by atoms with Gasteiger partial charge in [0.1, 0.15) is 0 Å². The Morgan fingerprint density at radius 2 is 2.00 bits per heavy atom. The van der Waals surface area contributed by atoms with Crippen LogP contribution in [0.15, 0.2) is 30.3 Å². The first-order valence-electron chi connectivity index (χ1n) is 4.42. The molecule has 0 heterocycles. The summed E-state index contributed by atoms with van der Waals surface area (Å²) in [7, 11) is 0. The van der Waals surface area contributed by atoms with Gasteiger partial charge < -0.3 is 5.73 Å². The highest BCUT2D eigenvalue weighted by Gasteiger charge is 2.34. The summed E-state index contributed by atoms with van der Waals surface area (Å²) in [6, 6.07) is 7.78. The summed E-state index contributed by atoms with van der Waals surface area (Å²) in [5.41, 5.74) is 6.91. The highest BCUT2D eigenvalue weighted by Crippen LogP contribution is 2.34. The zero-order valence-corrected chi connectivity index (χ0v) is 8.09. The van der Waals surface area contributed by atoms with E-state index in [4.69, 9.17) is 17.3 Å². The lowest BCUT2D eigenvalue weighted by Crippen LogP contribution is -2.17. The molecule has 0 radical (unpaired) electrons. The molecule has 0 saturated heterocycles. The SMILES string of the molecule is NC1(/C=C/c2ccccc2Cl)CC1. The van der Waals surface area contributed by atoms with Crippen molar-refractivity contribution in [2.75, 3.05) is 0 Å². The maximum absolute atomic E-state index is 5.98. The van der Waals surface area contributed by atoms with Crippen molar-refractivity contribution in [1.29, 1.82) is 0 Å². The summed E-state index contributed by atoms with van der Waals surface area (Å²) in [6.07, 6.45) is 6.24. The molecule has 1 aromatic rings. The molecule has 68 valence electrons. The van der Waals surface area contributed by atoms with Crippen molar-refractivity contribution in [2.24, 2.45) is 5.73 Å². The van der Waals surface area contributed by atoms with Gasteiger partial charge in [0.15, 0.2) is 0 Å². The molecule has 0 aliphatic heterocycles. The van der Waals surface area contributed by atoms with Crippen LogP contribution in [0, 0.1) is 0 Å². The van der Waals surface area contributed by atoms with Crippen LogP contribution < -0.4 is 5.73 Å². The van der Waals surface area contributed by atoms with Crippen molar-refractivity contribution in [3.63, 3.8) is 0 Å². The lowest BCUT2D eigenvalue weighted by atomic mass is 10.1.